The molecule has 2 N–H and O–H groups in total. The number of halogens is 3. The molecular formula is C39H30BrClFN3O6. The number of nitrogens with zero attached hydrogens (tertiary/aromatic N) is 2. The van der Waals surface area contributed by atoms with Crippen LogP contribution in [0.15, 0.2) is 107 Å². The lowest BCUT2D eigenvalue weighted by molar-refractivity contribution is -0.138. The molecule has 0 unspecified atom stereocenters. The normalized spacial score (nSPS) is 26.8. The Balaban J connectivity index is 1.34. The van der Waals surface area contributed by atoms with Gasteiger partial charge < -0.3 is 9.84 Å². The number of carbonyl (C=O) groups is 4. The zero-order valence-corrected chi connectivity index (χ0v) is 29.4. The van der Waals surface area contributed by atoms with Gasteiger partial charge in [0.1, 0.15) is 17.3 Å². The lowest BCUT2D eigenvalue weighted by atomic mass is 9.49. The summed E-state index contributed by atoms with van der Waals surface area (Å²) in [6.07, 6.45) is 2.28. The summed E-state index contributed by atoms with van der Waals surface area (Å²) in [5, 5.41) is 11.9. The summed E-state index contributed by atoms with van der Waals surface area (Å²) in [5.41, 5.74) is 3.90. The van der Waals surface area contributed by atoms with Crippen molar-refractivity contribution in [1.29, 1.82) is 0 Å². The summed E-state index contributed by atoms with van der Waals surface area (Å²) >= 11 is 9.77. The number of hydrazine groups is 1. The van der Waals surface area contributed by atoms with Crippen LogP contribution >= 0.6 is 27.5 Å². The van der Waals surface area contributed by atoms with Crippen molar-refractivity contribution in [2.75, 3.05) is 17.4 Å². The first-order chi connectivity index (χ1) is 24.5. The molecule has 4 aromatic rings. The molecule has 4 amide bonds. The molecule has 0 bridgehead atoms. The molecule has 8 rings (SSSR count). The number of ether oxygens (including phenoxy) is 1. The van der Waals surface area contributed by atoms with Crippen molar-refractivity contribution >= 4 is 62.5 Å². The smallest absolute Gasteiger partial charge is 0.260 e. The topological polar surface area (TPSA) is 116 Å². The molecule has 2 saturated heterocycles. The molecule has 2 aliphatic carbocycles. The highest BCUT2D eigenvalue weighted by Crippen LogP contribution is 2.65. The fourth-order valence-electron chi connectivity index (χ4n) is 8.78. The maximum Gasteiger partial charge on any atom is 0.260 e. The number of phenols is 1. The Bertz CT molecular complexity index is 2140. The van der Waals surface area contributed by atoms with E-state index in [0.29, 0.717) is 27.5 Å². The maximum atomic E-state index is 15.2. The number of aromatic hydroxyl groups is 1. The average Bonchev–Trinajstić information content (AvgIpc) is 3.50. The molecule has 258 valence electrons. The summed E-state index contributed by atoms with van der Waals surface area (Å²) in [6, 6.07) is 23.6. The number of imide groups is 2. The van der Waals surface area contributed by atoms with Crippen LogP contribution in [0, 0.1) is 29.5 Å². The van der Waals surface area contributed by atoms with Crippen LogP contribution in [0.3, 0.4) is 0 Å². The summed E-state index contributed by atoms with van der Waals surface area (Å²) < 4.78 is 20.5. The van der Waals surface area contributed by atoms with Crippen molar-refractivity contribution < 1.29 is 33.4 Å². The maximum absolute atomic E-state index is 15.2. The second-order valence-electron chi connectivity index (χ2n) is 13.3. The molecule has 0 aromatic heterocycles. The predicted molar refractivity (Wildman–Crippen MR) is 190 cm³/mol. The minimum absolute atomic E-state index is 0.0622. The molecular weight excluding hydrogens is 741 g/mol. The minimum atomic E-state index is -1.58. The molecule has 12 heteroatoms. The van der Waals surface area contributed by atoms with Crippen LogP contribution in [0.2, 0.25) is 5.02 Å². The van der Waals surface area contributed by atoms with Gasteiger partial charge in [0.05, 0.1) is 41.7 Å². The van der Waals surface area contributed by atoms with E-state index in [4.69, 9.17) is 16.3 Å². The first kappa shape index (κ1) is 33.2. The number of phenolic OH excluding ortho intramolecular Hbond substituents is 1. The molecule has 2 heterocycles. The van der Waals surface area contributed by atoms with Crippen molar-refractivity contribution in [3.63, 3.8) is 0 Å². The first-order valence-corrected chi connectivity index (χ1v) is 17.6. The highest BCUT2D eigenvalue weighted by atomic mass is 79.9. The Morgan fingerprint density at radius 3 is 2.29 bits per heavy atom. The summed E-state index contributed by atoms with van der Waals surface area (Å²) in [6.45, 7) is 0. The molecule has 3 fully saturated rings. The van der Waals surface area contributed by atoms with E-state index in [1.165, 1.54) is 48.4 Å². The van der Waals surface area contributed by atoms with Gasteiger partial charge in [-0.05, 0) is 91.1 Å². The van der Waals surface area contributed by atoms with Gasteiger partial charge in [-0.3, -0.25) is 29.5 Å². The van der Waals surface area contributed by atoms with E-state index in [9.17, 15) is 23.9 Å². The van der Waals surface area contributed by atoms with Gasteiger partial charge in [0.2, 0.25) is 11.8 Å². The van der Waals surface area contributed by atoms with Crippen molar-refractivity contribution in [1.82, 2.24) is 5.01 Å². The fourth-order valence-corrected chi connectivity index (χ4v) is 9.17. The number of carbonyl (C=O) groups excluding carboxylic acids is 4. The molecule has 9 nitrogen and oxygen atoms in total. The molecule has 2 aliphatic heterocycles. The van der Waals surface area contributed by atoms with Gasteiger partial charge in [0.25, 0.3) is 11.8 Å². The Morgan fingerprint density at radius 2 is 1.61 bits per heavy atom. The van der Waals surface area contributed by atoms with E-state index in [1.54, 1.807) is 54.6 Å². The minimum Gasteiger partial charge on any atom is -0.508 e. The quantitative estimate of drug-likeness (QED) is 0.158. The fraction of sp³-hybridized carbons (Fsp3) is 0.231. The zero-order chi connectivity index (χ0) is 35.8. The van der Waals surface area contributed by atoms with Gasteiger partial charge in [0, 0.05) is 27.0 Å². The third-order valence-electron chi connectivity index (χ3n) is 10.9. The highest BCUT2D eigenvalue weighted by Gasteiger charge is 2.70. The van der Waals surface area contributed by atoms with Crippen molar-refractivity contribution in [3.8, 4) is 11.5 Å². The molecule has 51 heavy (non-hydrogen) atoms. The third-order valence-corrected chi connectivity index (χ3v) is 11.6. The van der Waals surface area contributed by atoms with Crippen LogP contribution in [0.4, 0.5) is 15.8 Å². The van der Waals surface area contributed by atoms with Crippen molar-refractivity contribution in [2.45, 2.75) is 24.2 Å². The number of rotatable bonds is 6. The summed E-state index contributed by atoms with van der Waals surface area (Å²) in [7, 11) is 1.45. The van der Waals surface area contributed by atoms with Crippen molar-refractivity contribution in [2.24, 2.45) is 23.7 Å². The summed E-state index contributed by atoms with van der Waals surface area (Å²) in [5.74, 6) is -5.99. The van der Waals surface area contributed by atoms with E-state index < -0.39 is 52.6 Å². The number of anilines is 2. The van der Waals surface area contributed by atoms with Crippen LogP contribution in [-0.2, 0) is 24.6 Å². The van der Waals surface area contributed by atoms with Crippen LogP contribution in [0.25, 0.3) is 0 Å². The Labute approximate surface area is 305 Å². The number of fused-ring (bicyclic) bond motifs is 4. The molecule has 6 atom stereocenters. The zero-order valence-electron chi connectivity index (χ0n) is 27.1. The van der Waals surface area contributed by atoms with Crippen LogP contribution in [-0.4, -0.2) is 40.9 Å². The van der Waals surface area contributed by atoms with Gasteiger partial charge >= 0.3 is 0 Å². The lowest BCUT2D eigenvalue weighted by Gasteiger charge is -2.50. The van der Waals surface area contributed by atoms with Gasteiger partial charge in [-0.15, -0.1) is 0 Å². The largest absolute Gasteiger partial charge is 0.508 e. The monoisotopic (exact) mass is 769 g/mol. The van der Waals surface area contributed by atoms with Gasteiger partial charge in [-0.25, -0.2) is 4.39 Å². The van der Waals surface area contributed by atoms with E-state index >= 15 is 4.79 Å². The standard InChI is InChI=1S/C39H30BrClFN3O6/c1-51-32-18-26(46)14-15-28(32)34-27-16-17-29-33(37(49)44(35(29)47)25-12-4-21(40)5-13-25)30(27)19-31-36(48)45(43-24-10-8-23(42)9-11-24)38(50)39(31,34)20-2-6-22(41)7-3-20/h2-16,18,29-31,33-34,43,46H,17,19H2,1H3/t29-,30+,31-,33-,34+,39+/m0/s1. The number of nitrogens with one attached hydrogen (secondary N) is 1. The molecule has 0 radical (unpaired) electrons. The van der Waals surface area contributed by atoms with Gasteiger partial charge in [-0.2, -0.15) is 5.01 Å². The van der Waals surface area contributed by atoms with Gasteiger partial charge in [-0.1, -0.05) is 57.4 Å². The Morgan fingerprint density at radius 1 is 0.902 bits per heavy atom. The van der Waals surface area contributed by atoms with Crippen molar-refractivity contribution in [3.05, 3.63) is 129 Å². The number of amides is 4. The third kappa shape index (κ3) is 5.00. The van der Waals surface area contributed by atoms with E-state index in [2.05, 4.69) is 21.4 Å². The lowest BCUT2D eigenvalue weighted by Crippen LogP contribution is -2.53. The Hall–Kier alpha value is -5.00. The number of methoxy groups -OCH3 is 1. The average molecular weight is 771 g/mol. The number of benzene rings is 4. The molecule has 4 aromatic carbocycles. The molecule has 4 aliphatic rings. The van der Waals surface area contributed by atoms with E-state index in [0.717, 1.165) is 15.1 Å². The van der Waals surface area contributed by atoms with Crippen LogP contribution in [0.1, 0.15) is 29.9 Å². The number of hydrogen-bond donors (Lipinski definition) is 2. The highest BCUT2D eigenvalue weighted by molar-refractivity contribution is 9.10. The SMILES string of the molecule is COc1cc(O)ccc1[C@H]1C2=CC[C@@H]3C(=O)N(c4ccc(Br)cc4)C(=O)[C@@H]3[C@@H]2C[C@H]2C(=O)N(Nc3ccc(F)cc3)C(=O)[C@@]12c1ccc(Cl)cc1. The van der Waals surface area contributed by atoms with Gasteiger partial charge in [0.15, 0.2) is 0 Å². The summed E-state index contributed by atoms with van der Waals surface area (Å²) in [4.78, 5) is 59.7. The van der Waals surface area contributed by atoms with Crippen LogP contribution < -0.4 is 15.1 Å². The number of allylic oxidation sites excluding steroid dienone is 2. The predicted octanol–water partition coefficient (Wildman–Crippen LogP) is 7.15. The molecule has 0 spiro atoms. The Kier molecular flexibility index (Phi) is 8.03. The van der Waals surface area contributed by atoms with Crippen LogP contribution in [0.5, 0.6) is 11.5 Å². The number of hydrogen-bond acceptors (Lipinski definition) is 7. The van der Waals surface area contributed by atoms with E-state index in [1.807, 2.05) is 6.08 Å². The second-order valence-corrected chi connectivity index (χ2v) is 14.6. The molecule has 1 saturated carbocycles. The second kappa shape index (κ2) is 12.3. The van der Waals surface area contributed by atoms with E-state index in [-0.39, 0.29) is 36.2 Å². The first-order valence-electron chi connectivity index (χ1n) is 16.4.